The highest BCUT2D eigenvalue weighted by Gasteiger charge is 2.37. The molecule has 4 aromatic rings. The number of fused-ring (bicyclic) bond motifs is 2. The van der Waals surface area contributed by atoms with Gasteiger partial charge >= 0.3 is 4.87 Å². The van der Waals surface area contributed by atoms with Crippen LogP contribution in [0, 0.1) is 6.92 Å². The summed E-state index contributed by atoms with van der Waals surface area (Å²) in [5, 5.41) is 2.81. The van der Waals surface area contributed by atoms with Gasteiger partial charge in [0.25, 0.3) is 15.9 Å². The predicted molar refractivity (Wildman–Crippen MR) is 144 cm³/mol. The number of carbonyl (C=O) groups excluding carboxylic acids is 1. The Labute approximate surface area is 217 Å². The van der Waals surface area contributed by atoms with E-state index in [1.807, 2.05) is 13.8 Å². The van der Waals surface area contributed by atoms with Crippen molar-refractivity contribution in [2.75, 3.05) is 23.3 Å². The first-order valence-electron chi connectivity index (χ1n) is 11.6. The molecule has 1 unspecified atom stereocenters. The molecule has 2 heterocycles. The molecule has 1 atom stereocenters. The third-order valence-electron chi connectivity index (χ3n) is 6.18. The monoisotopic (exact) mass is 539 g/mol. The van der Waals surface area contributed by atoms with Crippen molar-refractivity contribution in [3.8, 4) is 11.5 Å². The van der Waals surface area contributed by atoms with Crippen LogP contribution >= 0.6 is 11.3 Å². The van der Waals surface area contributed by atoms with Crippen LogP contribution in [-0.4, -0.2) is 38.7 Å². The Morgan fingerprint density at radius 1 is 1.14 bits per heavy atom. The van der Waals surface area contributed by atoms with Crippen molar-refractivity contribution >= 4 is 48.9 Å². The third kappa shape index (κ3) is 4.56. The molecule has 1 aromatic heterocycles. The number of methoxy groups -OCH3 is 1. The van der Waals surface area contributed by atoms with Gasteiger partial charge in [-0.2, -0.15) is 0 Å². The number of benzene rings is 3. The molecule has 0 bridgehead atoms. The first-order valence-corrected chi connectivity index (χ1v) is 13.9. The van der Waals surface area contributed by atoms with E-state index in [1.54, 1.807) is 53.1 Å². The highest BCUT2D eigenvalue weighted by atomic mass is 32.2. The van der Waals surface area contributed by atoms with Crippen LogP contribution in [0.15, 0.2) is 70.4 Å². The highest BCUT2D eigenvalue weighted by molar-refractivity contribution is 7.92. The van der Waals surface area contributed by atoms with Crippen molar-refractivity contribution in [3.05, 3.63) is 75.9 Å². The second kappa shape index (κ2) is 9.56. The van der Waals surface area contributed by atoms with Gasteiger partial charge in [-0.1, -0.05) is 17.4 Å². The van der Waals surface area contributed by atoms with Gasteiger partial charge in [0, 0.05) is 12.2 Å². The van der Waals surface area contributed by atoms with Gasteiger partial charge < -0.3 is 14.8 Å². The number of carbonyl (C=O) groups is 1. The van der Waals surface area contributed by atoms with E-state index in [4.69, 9.17) is 9.47 Å². The van der Waals surface area contributed by atoms with Crippen molar-refractivity contribution in [2.45, 2.75) is 31.4 Å². The fourth-order valence-electron chi connectivity index (χ4n) is 4.27. The molecule has 1 amide bonds. The topological polar surface area (TPSA) is 107 Å². The molecule has 0 saturated carbocycles. The van der Waals surface area contributed by atoms with E-state index in [9.17, 15) is 18.0 Å². The van der Waals surface area contributed by atoms with E-state index >= 15 is 0 Å². The molecule has 0 fully saturated rings. The molecule has 3 aromatic carbocycles. The Morgan fingerprint density at radius 2 is 1.89 bits per heavy atom. The predicted octanol–water partition coefficient (Wildman–Crippen LogP) is 3.99. The zero-order valence-corrected chi connectivity index (χ0v) is 22.1. The van der Waals surface area contributed by atoms with E-state index in [1.165, 1.54) is 23.5 Å². The van der Waals surface area contributed by atoms with Crippen LogP contribution in [0.3, 0.4) is 0 Å². The quantitative estimate of drug-likeness (QED) is 0.397. The average Bonchev–Trinajstić information content (AvgIpc) is 3.21. The van der Waals surface area contributed by atoms with Gasteiger partial charge in [-0.05, 0) is 74.0 Å². The molecule has 0 aliphatic carbocycles. The maximum atomic E-state index is 13.7. The standard InChI is InChI=1S/C26H25N3O6S2/c1-4-28-20-11-6-17(14-24(20)36-26(28)31)27-25(30)23-15-29(21-13-16(2)5-12-22(21)35-23)37(32,33)19-9-7-18(34-3)8-10-19/h5-14,23H,4,15H2,1-3H3,(H,27,30). The Bertz CT molecular complexity index is 1660. The molecule has 5 rings (SSSR count). The fourth-order valence-corrected chi connectivity index (χ4v) is 6.73. The lowest BCUT2D eigenvalue weighted by Gasteiger charge is -2.35. The molecule has 11 heteroatoms. The van der Waals surface area contributed by atoms with Gasteiger partial charge in [0.15, 0.2) is 6.10 Å². The van der Waals surface area contributed by atoms with E-state index in [2.05, 4.69) is 5.32 Å². The van der Waals surface area contributed by atoms with Crippen LogP contribution < -0.4 is 24.0 Å². The van der Waals surface area contributed by atoms with Gasteiger partial charge in [-0.25, -0.2) is 8.42 Å². The van der Waals surface area contributed by atoms with Gasteiger partial charge in [0.1, 0.15) is 11.5 Å². The highest BCUT2D eigenvalue weighted by Crippen LogP contribution is 2.38. The largest absolute Gasteiger partial charge is 0.497 e. The molecule has 0 saturated heterocycles. The second-order valence-corrected chi connectivity index (χ2v) is 11.4. The zero-order chi connectivity index (χ0) is 26.3. The van der Waals surface area contributed by atoms with E-state index in [0.29, 0.717) is 29.4 Å². The number of aromatic nitrogens is 1. The summed E-state index contributed by atoms with van der Waals surface area (Å²) in [4.78, 5) is 25.4. The third-order valence-corrected chi connectivity index (χ3v) is 8.91. The van der Waals surface area contributed by atoms with Gasteiger partial charge in [0.2, 0.25) is 0 Å². The number of aryl methyl sites for hydroxylation is 2. The van der Waals surface area contributed by atoms with Crippen molar-refractivity contribution in [1.29, 1.82) is 0 Å². The minimum absolute atomic E-state index is 0.0668. The minimum atomic E-state index is -4.01. The van der Waals surface area contributed by atoms with Gasteiger partial charge in [-0.15, -0.1) is 0 Å². The molecule has 1 N–H and O–H groups in total. The maximum absolute atomic E-state index is 13.7. The molecule has 9 nitrogen and oxygen atoms in total. The van der Waals surface area contributed by atoms with Crippen LogP contribution in [0.2, 0.25) is 0 Å². The van der Waals surface area contributed by atoms with Crippen molar-refractivity contribution in [3.63, 3.8) is 0 Å². The normalized spacial score (nSPS) is 15.2. The average molecular weight is 540 g/mol. The van der Waals surface area contributed by atoms with Crippen molar-refractivity contribution < 1.29 is 22.7 Å². The van der Waals surface area contributed by atoms with Crippen molar-refractivity contribution in [2.24, 2.45) is 0 Å². The molecule has 0 spiro atoms. The molecular weight excluding hydrogens is 514 g/mol. The maximum Gasteiger partial charge on any atom is 0.308 e. The first kappa shape index (κ1) is 24.8. The summed E-state index contributed by atoms with van der Waals surface area (Å²) in [5.74, 6) is 0.330. The van der Waals surface area contributed by atoms with E-state index in [-0.39, 0.29) is 16.3 Å². The fraction of sp³-hybridized carbons (Fsp3) is 0.231. The number of hydrogen-bond acceptors (Lipinski definition) is 7. The summed E-state index contributed by atoms with van der Waals surface area (Å²) in [7, 11) is -2.50. The number of ether oxygens (including phenoxy) is 2. The van der Waals surface area contributed by atoms with Gasteiger partial charge in [-0.3, -0.25) is 18.5 Å². The summed E-state index contributed by atoms with van der Waals surface area (Å²) < 4.78 is 42.1. The minimum Gasteiger partial charge on any atom is -0.497 e. The number of nitrogens with one attached hydrogen (secondary N) is 1. The summed E-state index contributed by atoms with van der Waals surface area (Å²) >= 11 is 1.10. The number of amides is 1. The SMILES string of the molecule is CCn1c(=O)sc2cc(NC(=O)C3CN(S(=O)(=O)c4ccc(OC)cc4)c4cc(C)ccc4O3)ccc21. The van der Waals surface area contributed by atoms with E-state index in [0.717, 1.165) is 27.1 Å². The molecule has 1 aliphatic heterocycles. The summed E-state index contributed by atoms with van der Waals surface area (Å²) in [6.45, 7) is 4.10. The Hall–Kier alpha value is -3.83. The number of thiazole rings is 1. The van der Waals surface area contributed by atoms with E-state index < -0.39 is 22.0 Å². The van der Waals surface area contributed by atoms with Crippen LogP contribution in [0.25, 0.3) is 10.2 Å². The molecular formula is C26H25N3O6S2. The Balaban J connectivity index is 1.46. The smallest absolute Gasteiger partial charge is 0.308 e. The summed E-state index contributed by atoms with van der Waals surface area (Å²) in [6.07, 6.45) is -1.10. The van der Waals surface area contributed by atoms with Crippen LogP contribution in [0.5, 0.6) is 11.5 Å². The van der Waals surface area contributed by atoms with Crippen LogP contribution in [0.1, 0.15) is 12.5 Å². The number of rotatable bonds is 6. The van der Waals surface area contributed by atoms with Crippen LogP contribution in [-0.2, 0) is 21.4 Å². The number of sulfonamides is 1. The van der Waals surface area contributed by atoms with Crippen LogP contribution in [0.4, 0.5) is 11.4 Å². The number of anilines is 2. The Morgan fingerprint density at radius 3 is 2.59 bits per heavy atom. The molecule has 1 aliphatic rings. The lowest BCUT2D eigenvalue weighted by molar-refractivity contribution is -0.122. The summed E-state index contributed by atoms with van der Waals surface area (Å²) in [5.41, 5.74) is 2.51. The lowest BCUT2D eigenvalue weighted by atomic mass is 10.1. The van der Waals surface area contributed by atoms with Gasteiger partial charge in [0.05, 0.1) is 34.5 Å². The zero-order valence-electron chi connectivity index (χ0n) is 20.4. The molecule has 37 heavy (non-hydrogen) atoms. The molecule has 192 valence electrons. The number of nitrogens with zero attached hydrogens (tertiary/aromatic N) is 2. The summed E-state index contributed by atoms with van der Waals surface area (Å²) in [6, 6.07) is 16.5. The second-order valence-electron chi connectivity index (χ2n) is 8.57. The van der Waals surface area contributed by atoms with Crippen molar-refractivity contribution in [1.82, 2.24) is 4.57 Å². The Kier molecular flexibility index (Phi) is 6.42. The first-order chi connectivity index (χ1) is 17.7. The number of hydrogen-bond donors (Lipinski definition) is 1. The molecule has 0 radical (unpaired) electrons. The lowest BCUT2D eigenvalue weighted by Crippen LogP contribution is -2.48.